The Morgan fingerprint density at radius 3 is 2.75 bits per heavy atom. The van der Waals surface area contributed by atoms with E-state index in [2.05, 4.69) is 21.2 Å². The van der Waals surface area contributed by atoms with Gasteiger partial charge in [0.2, 0.25) is 5.91 Å². The first-order valence-electron chi connectivity index (χ1n) is 5.68. The molecule has 0 heterocycles. The van der Waals surface area contributed by atoms with Crippen LogP contribution in [0.15, 0.2) is 40.9 Å². The molecule has 2 N–H and O–H groups in total. The number of aromatic hydroxyl groups is 1. The molecule has 0 radical (unpaired) electrons. The van der Waals surface area contributed by atoms with Crippen molar-refractivity contribution in [3.63, 3.8) is 0 Å². The van der Waals surface area contributed by atoms with Gasteiger partial charge in [-0.2, -0.15) is 0 Å². The molecule has 6 heteroatoms. The summed E-state index contributed by atoms with van der Waals surface area (Å²) in [7, 11) is 0. The molecular formula is C14H10BrClFNO2. The van der Waals surface area contributed by atoms with Crippen LogP contribution in [0.2, 0.25) is 5.02 Å². The lowest BCUT2D eigenvalue weighted by Crippen LogP contribution is -2.15. The normalized spacial score (nSPS) is 10.3. The minimum Gasteiger partial charge on any atom is -0.508 e. The molecule has 20 heavy (non-hydrogen) atoms. The van der Waals surface area contributed by atoms with Crippen molar-refractivity contribution in [1.29, 1.82) is 0 Å². The van der Waals surface area contributed by atoms with Crippen molar-refractivity contribution in [2.24, 2.45) is 0 Å². The third-order valence-electron chi connectivity index (χ3n) is 2.55. The molecule has 0 unspecified atom stereocenters. The van der Waals surface area contributed by atoms with Crippen molar-refractivity contribution in [2.45, 2.75) is 6.42 Å². The van der Waals surface area contributed by atoms with Crippen molar-refractivity contribution >= 4 is 39.1 Å². The molecule has 2 aromatic rings. The summed E-state index contributed by atoms with van der Waals surface area (Å²) in [4.78, 5) is 11.9. The second-order valence-corrected chi connectivity index (χ2v) is 5.40. The van der Waals surface area contributed by atoms with Crippen molar-refractivity contribution in [1.82, 2.24) is 0 Å². The number of anilines is 1. The van der Waals surface area contributed by atoms with Crippen LogP contribution in [-0.2, 0) is 11.2 Å². The number of rotatable bonds is 3. The maximum absolute atomic E-state index is 13.1. The number of nitrogens with one attached hydrogen (secondary N) is 1. The van der Waals surface area contributed by atoms with E-state index in [0.29, 0.717) is 15.7 Å². The number of amides is 1. The van der Waals surface area contributed by atoms with Crippen LogP contribution < -0.4 is 5.32 Å². The molecule has 2 aromatic carbocycles. The Hall–Kier alpha value is -1.59. The van der Waals surface area contributed by atoms with Gasteiger partial charge in [-0.1, -0.05) is 23.7 Å². The number of hydrogen-bond donors (Lipinski definition) is 2. The molecule has 0 aliphatic heterocycles. The molecule has 1 amide bonds. The lowest BCUT2D eigenvalue weighted by molar-refractivity contribution is -0.115. The molecule has 104 valence electrons. The summed E-state index contributed by atoms with van der Waals surface area (Å²) in [5.41, 5.74) is 0.982. The zero-order valence-corrected chi connectivity index (χ0v) is 12.5. The second kappa shape index (κ2) is 6.24. The lowest BCUT2D eigenvalue weighted by atomic mass is 10.1. The summed E-state index contributed by atoms with van der Waals surface area (Å²) in [6, 6.07) is 8.74. The number of phenols is 1. The summed E-state index contributed by atoms with van der Waals surface area (Å²) in [5, 5.41) is 12.1. The Labute approximate surface area is 128 Å². The first kappa shape index (κ1) is 14.8. The Morgan fingerprint density at radius 1 is 1.35 bits per heavy atom. The molecule has 0 aliphatic carbocycles. The summed E-state index contributed by atoms with van der Waals surface area (Å²) in [6.45, 7) is 0. The van der Waals surface area contributed by atoms with Crippen LogP contribution in [0.3, 0.4) is 0 Å². The molecule has 0 aromatic heterocycles. The van der Waals surface area contributed by atoms with E-state index in [1.165, 1.54) is 18.2 Å². The first-order valence-corrected chi connectivity index (χ1v) is 6.85. The molecule has 0 bridgehead atoms. The van der Waals surface area contributed by atoms with Gasteiger partial charge in [-0.15, -0.1) is 0 Å². The van der Waals surface area contributed by atoms with Gasteiger partial charge in [-0.05, 0) is 45.8 Å². The van der Waals surface area contributed by atoms with E-state index in [1.54, 1.807) is 12.1 Å². The van der Waals surface area contributed by atoms with E-state index in [-0.39, 0.29) is 23.1 Å². The molecule has 3 nitrogen and oxygen atoms in total. The fraction of sp³-hybridized carbons (Fsp3) is 0.0714. The van der Waals surface area contributed by atoms with Gasteiger partial charge < -0.3 is 10.4 Å². The zero-order chi connectivity index (χ0) is 14.7. The molecule has 0 saturated carbocycles. The van der Waals surface area contributed by atoms with E-state index in [4.69, 9.17) is 11.6 Å². The van der Waals surface area contributed by atoms with Gasteiger partial charge in [-0.3, -0.25) is 4.79 Å². The van der Waals surface area contributed by atoms with Gasteiger partial charge >= 0.3 is 0 Å². The predicted octanol–water partition coefficient (Wildman–Crippen LogP) is 4.13. The van der Waals surface area contributed by atoms with Crippen molar-refractivity contribution < 1.29 is 14.3 Å². The Morgan fingerprint density at radius 2 is 2.10 bits per heavy atom. The van der Waals surface area contributed by atoms with E-state index in [0.717, 1.165) is 6.07 Å². The number of benzene rings is 2. The van der Waals surface area contributed by atoms with Crippen LogP contribution >= 0.6 is 27.5 Å². The van der Waals surface area contributed by atoms with Crippen LogP contribution in [0.4, 0.5) is 10.1 Å². The van der Waals surface area contributed by atoms with Crippen LogP contribution in [0.1, 0.15) is 5.56 Å². The van der Waals surface area contributed by atoms with Crippen LogP contribution in [0.5, 0.6) is 5.75 Å². The Balaban J connectivity index is 2.13. The highest BCUT2D eigenvalue weighted by molar-refractivity contribution is 9.10. The van der Waals surface area contributed by atoms with E-state index >= 15 is 0 Å². The zero-order valence-electron chi connectivity index (χ0n) is 10.2. The third kappa shape index (κ3) is 3.71. The fourth-order valence-electron chi connectivity index (χ4n) is 1.70. The molecule has 0 saturated heterocycles. The van der Waals surface area contributed by atoms with E-state index in [9.17, 15) is 14.3 Å². The Kier molecular flexibility index (Phi) is 4.62. The van der Waals surface area contributed by atoms with Crippen LogP contribution in [0, 0.1) is 5.82 Å². The Bertz CT molecular complexity index is 640. The van der Waals surface area contributed by atoms with Crippen molar-refractivity contribution in [2.75, 3.05) is 5.32 Å². The van der Waals surface area contributed by atoms with E-state index < -0.39 is 5.82 Å². The van der Waals surface area contributed by atoms with Gasteiger partial charge in [-0.25, -0.2) is 4.39 Å². The molecule has 0 atom stereocenters. The number of halogens is 3. The van der Waals surface area contributed by atoms with Crippen LogP contribution in [-0.4, -0.2) is 11.0 Å². The average molecular weight is 359 g/mol. The summed E-state index contributed by atoms with van der Waals surface area (Å²) in [6.07, 6.45) is 0.0779. The largest absolute Gasteiger partial charge is 0.508 e. The smallest absolute Gasteiger partial charge is 0.228 e. The molecular weight excluding hydrogens is 349 g/mol. The highest BCUT2D eigenvalue weighted by Crippen LogP contribution is 2.31. The number of carbonyl (C=O) groups is 1. The van der Waals surface area contributed by atoms with Gasteiger partial charge in [0.1, 0.15) is 11.6 Å². The van der Waals surface area contributed by atoms with Gasteiger partial charge in [0, 0.05) is 4.47 Å². The quantitative estimate of drug-likeness (QED) is 0.867. The summed E-state index contributed by atoms with van der Waals surface area (Å²) in [5.74, 6) is -0.714. The maximum atomic E-state index is 13.1. The summed E-state index contributed by atoms with van der Waals surface area (Å²) >= 11 is 9.03. The first-order chi connectivity index (χ1) is 9.45. The second-order valence-electron chi connectivity index (χ2n) is 4.14. The van der Waals surface area contributed by atoms with Crippen molar-refractivity contribution in [3.8, 4) is 5.75 Å². The van der Waals surface area contributed by atoms with Crippen molar-refractivity contribution in [3.05, 3.63) is 57.3 Å². The molecule has 0 fully saturated rings. The standard InChI is InChI=1S/C14H10BrClFNO2/c15-11-6-9(17)7-12(16)14(11)18-13(20)5-8-2-1-3-10(19)4-8/h1-4,6-7,19H,5H2,(H,18,20). The highest BCUT2D eigenvalue weighted by atomic mass is 79.9. The SMILES string of the molecule is O=C(Cc1cccc(O)c1)Nc1c(Cl)cc(F)cc1Br. The molecule has 0 spiro atoms. The van der Waals surface area contributed by atoms with Gasteiger partial charge in [0.25, 0.3) is 0 Å². The monoisotopic (exact) mass is 357 g/mol. The fourth-order valence-corrected chi connectivity index (χ4v) is 2.60. The molecule has 2 rings (SSSR count). The maximum Gasteiger partial charge on any atom is 0.228 e. The molecule has 0 aliphatic rings. The number of phenolic OH excluding ortho intramolecular Hbond substituents is 1. The summed E-state index contributed by atoms with van der Waals surface area (Å²) < 4.78 is 13.4. The van der Waals surface area contributed by atoms with E-state index in [1.807, 2.05) is 0 Å². The lowest BCUT2D eigenvalue weighted by Gasteiger charge is -2.10. The van der Waals surface area contributed by atoms with Crippen LogP contribution in [0.25, 0.3) is 0 Å². The average Bonchev–Trinajstić information content (AvgIpc) is 2.33. The van der Waals surface area contributed by atoms with Gasteiger partial charge in [0.05, 0.1) is 17.1 Å². The van der Waals surface area contributed by atoms with Gasteiger partial charge in [0.15, 0.2) is 0 Å². The minimum atomic E-state index is -0.493. The topological polar surface area (TPSA) is 49.3 Å². The third-order valence-corrected chi connectivity index (χ3v) is 3.47. The highest BCUT2D eigenvalue weighted by Gasteiger charge is 2.12. The number of hydrogen-bond acceptors (Lipinski definition) is 2. The minimum absolute atomic E-state index is 0.0779. The predicted molar refractivity (Wildman–Crippen MR) is 79.6 cm³/mol. The number of carbonyl (C=O) groups excluding carboxylic acids is 1.